The van der Waals surface area contributed by atoms with Gasteiger partial charge < -0.3 is 9.72 Å². The van der Waals surface area contributed by atoms with Gasteiger partial charge in [0.25, 0.3) is 5.56 Å². The lowest BCUT2D eigenvalue weighted by Gasteiger charge is -2.19. The Kier molecular flexibility index (Phi) is 3.97. The smallest absolute Gasteiger partial charge is 0.253 e. The molecule has 0 fully saturated rings. The molecule has 0 saturated carbocycles. The standard InChI is InChI=1S/C19H20N4O2/c1-12(15-4-3-14-5-6-25-11-16(14)7-15)17-9-20-23(10-17)18-8-19(24)22-13(2)21-18/h3-4,7-10,12H,5-6,11H2,1-2H3,(H,21,22,24). The Labute approximate surface area is 145 Å². The lowest BCUT2D eigenvalue weighted by Crippen LogP contribution is -2.12. The Hall–Kier alpha value is -2.73. The van der Waals surface area contributed by atoms with Crippen LogP contribution in [0, 0.1) is 6.92 Å². The number of benzene rings is 1. The van der Waals surface area contributed by atoms with E-state index in [9.17, 15) is 4.79 Å². The maximum Gasteiger partial charge on any atom is 0.253 e. The van der Waals surface area contributed by atoms with Crippen LogP contribution < -0.4 is 5.56 Å². The Morgan fingerprint density at radius 3 is 2.96 bits per heavy atom. The molecule has 6 heteroatoms. The van der Waals surface area contributed by atoms with Crippen LogP contribution in [0.25, 0.3) is 5.82 Å². The maximum atomic E-state index is 11.6. The van der Waals surface area contributed by atoms with Crippen LogP contribution in [-0.2, 0) is 17.8 Å². The summed E-state index contributed by atoms with van der Waals surface area (Å²) in [6.45, 7) is 5.40. The summed E-state index contributed by atoms with van der Waals surface area (Å²) in [6, 6.07) is 8.06. The van der Waals surface area contributed by atoms with Gasteiger partial charge in [0.2, 0.25) is 0 Å². The summed E-state index contributed by atoms with van der Waals surface area (Å²) in [5.74, 6) is 1.30. The third-order valence-electron chi connectivity index (χ3n) is 4.69. The van der Waals surface area contributed by atoms with Gasteiger partial charge in [-0.1, -0.05) is 25.1 Å². The molecule has 1 atom stereocenters. The van der Waals surface area contributed by atoms with Crippen molar-refractivity contribution in [1.29, 1.82) is 0 Å². The highest BCUT2D eigenvalue weighted by atomic mass is 16.5. The maximum absolute atomic E-state index is 11.6. The molecule has 1 aliphatic heterocycles. The number of H-pyrrole nitrogens is 1. The van der Waals surface area contributed by atoms with Crippen molar-refractivity contribution in [1.82, 2.24) is 19.7 Å². The van der Waals surface area contributed by atoms with Gasteiger partial charge in [0.1, 0.15) is 5.82 Å². The number of hydrogen-bond donors (Lipinski definition) is 1. The molecule has 1 aliphatic rings. The van der Waals surface area contributed by atoms with Crippen LogP contribution in [-0.4, -0.2) is 26.4 Å². The molecule has 3 heterocycles. The van der Waals surface area contributed by atoms with Gasteiger partial charge in [0.05, 0.1) is 19.4 Å². The minimum Gasteiger partial charge on any atom is -0.376 e. The van der Waals surface area contributed by atoms with E-state index >= 15 is 0 Å². The summed E-state index contributed by atoms with van der Waals surface area (Å²) in [4.78, 5) is 18.6. The lowest BCUT2D eigenvalue weighted by molar-refractivity contribution is 0.110. The molecule has 0 spiro atoms. The van der Waals surface area contributed by atoms with Crippen molar-refractivity contribution in [3.05, 3.63) is 75.1 Å². The number of nitrogens with zero attached hydrogens (tertiary/aromatic N) is 3. The van der Waals surface area contributed by atoms with E-state index < -0.39 is 0 Å². The van der Waals surface area contributed by atoms with Gasteiger partial charge in [-0.05, 0) is 35.6 Å². The van der Waals surface area contributed by atoms with Gasteiger partial charge in [0, 0.05) is 18.2 Å². The van der Waals surface area contributed by atoms with E-state index in [1.54, 1.807) is 11.6 Å². The zero-order valence-corrected chi connectivity index (χ0v) is 14.3. The van der Waals surface area contributed by atoms with Gasteiger partial charge in [-0.2, -0.15) is 5.10 Å². The van der Waals surface area contributed by atoms with E-state index in [0.29, 0.717) is 18.2 Å². The summed E-state index contributed by atoms with van der Waals surface area (Å²) in [7, 11) is 0. The fraction of sp³-hybridized carbons (Fsp3) is 0.316. The van der Waals surface area contributed by atoms with Crippen LogP contribution in [0.5, 0.6) is 0 Å². The molecule has 1 aromatic carbocycles. The highest BCUT2D eigenvalue weighted by Crippen LogP contribution is 2.27. The summed E-state index contributed by atoms with van der Waals surface area (Å²) in [6.07, 6.45) is 4.75. The van der Waals surface area contributed by atoms with Crippen LogP contribution in [0.4, 0.5) is 0 Å². The molecule has 0 aliphatic carbocycles. The summed E-state index contributed by atoms with van der Waals surface area (Å²) >= 11 is 0. The van der Waals surface area contributed by atoms with Crippen molar-refractivity contribution in [2.75, 3.05) is 6.61 Å². The van der Waals surface area contributed by atoms with E-state index in [1.807, 2.05) is 12.4 Å². The zero-order valence-electron chi connectivity index (χ0n) is 14.3. The SMILES string of the molecule is Cc1nc(-n2cc(C(C)c3ccc4c(c3)COCC4)cn2)cc(=O)[nH]1. The van der Waals surface area contributed by atoms with E-state index in [0.717, 1.165) is 18.6 Å². The minimum absolute atomic E-state index is 0.178. The number of hydrogen-bond acceptors (Lipinski definition) is 4. The van der Waals surface area contributed by atoms with E-state index in [4.69, 9.17) is 4.74 Å². The molecule has 0 bridgehead atoms. The average molecular weight is 336 g/mol. The molecule has 0 radical (unpaired) electrons. The fourth-order valence-corrected chi connectivity index (χ4v) is 3.22. The summed E-state index contributed by atoms with van der Waals surface area (Å²) in [5, 5.41) is 4.38. The molecule has 25 heavy (non-hydrogen) atoms. The van der Waals surface area contributed by atoms with Crippen LogP contribution in [0.3, 0.4) is 0 Å². The molecular formula is C19H20N4O2. The van der Waals surface area contributed by atoms with E-state index in [1.165, 1.54) is 22.8 Å². The first-order chi connectivity index (χ1) is 12.1. The van der Waals surface area contributed by atoms with Crippen molar-refractivity contribution in [3.8, 4) is 5.82 Å². The summed E-state index contributed by atoms with van der Waals surface area (Å²) in [5.41, 5.74) is 4.79. The lowest BCUT2D eigenvalue weighted by atomic mass is 9.91. The number of ether oxygens (including phenoxy) is 1. The zero-order chi connectivity index (χ0) is 17.4. The van der Waals surface area contributed by atoms with Gasteiger partial charge in [-0.3, -0.25) is 4.79 Å². The van der Waals surface area contributed by atoms with Crippen molar-refractivity contribution in [2.45, 2.75) is 32.8 Å². The molecule has 0 saturated heterocycles. The van der Waals surface area contributed by atoms with Gasteiger partial charge in [-0.25, -0.2) is 9.67 Å². The second-order valence-electron chi connectivity index (χ2n) is 6.46. The molecule has 6 nitrogen and oxygen atoms in total. The number of aromatic nitrogens is 4. The largest absolute Gasteiger partial charge is 0.376 e. The van der Waals surface area contributed by atoms with Crippen molar-refractivity contribution in [2.24, 2.45) is 0 Å². The first-order valence-corrected chi connectivity index (χ1v) is 8.42. The Morgan fingerprint density at radius 2 is 2.12 bits per heavy atom. The highest BCUT2D eigenvalue weighted by molar-refractivity contribution is 5.38. The molecule has 1 N–H and O–H groups in total. The predicted molar refractivity (Wildman–Crippen MR) is 94.0 cm³/mol. The number of nitrogens with one attached hydrogen (secondary N) is 1. The minimum atomic E-state index is -0.178. The molecule has 1 unspecified atom stereocenters. The van der Waals surface area contributed by atoms with Crippen LogP contribution in [0.2, 0.25) is 0 Å². The molecule has 0 amide bonds. The van der Waals surface area contributed by atoms with Crippen LogP contribution in [0.15, 0.2) is 41.5 Å². The van der Waals surface area contributed by atoms with Crippen LogP contribution >= 0.6 is 0 Å². The van der Waals surface area contributed by atoms with Crippen LogP contribution in [0.1, 0.15) is 40.9 Å². The third-order valence-corrected chi connectivity index (χ3v) is 4.69. The predicted octanol–water partition coefficient (Wildman–Crippen LogP) is 2.49. The van der Waals surface area contributed by atoms with Crippen molar-refractivity contribution < 1.29 is 4.74 Å². The quantitative estimate of drug-likeness (QED) is 0.797. The number of rotatable bonds is 3. The molecule has 3 aromatic rings. The normalized spacial score (nSPS) is 15.0. The molecule has 128 valence electrons. The molecule has 2 aromatic heterocycles. The molecule has 4 rings (SSSR count). The van der Waals surface area contributed by atoms with Gasteiger partial charge in [-0.15, -0.1) is 0 Å². The Morgan fingerprint density at radius 1 is 1.24 bits per heavy atom. The first kappa shape index (κ1) is 15.8. The molecular weight excluding hydrogens is 316 g/mol. The van der Waals surface area contributed by atoms with Gasteiger partial charge >= 0.3 is 0 Å². The fourth-order valence-electron chi connectivity index (χ4n) is 3.22. The average Bonchev–Trinajstić information content (AvgIpc) is 3.10. The van der Waals surface area contributed by atoms with Crippen molar-refractivity contribution in [3.63, 3.8) is 0 Å². The second kappa shape index (κ2) is 6.29. The number of fused-ring (bicyclic) bond motifs is 1. The Balaban J connectivity index is 1.64. The van der Waals surface area contributed by atoms with Crippen molar-refractivity contribution >= 4 is 0 Å². The van der Waals surface area contributed by atoms with E-state index in [-0.39, 0.29) is 11.5 Å². The topological polar surface area (TPSA) is 72.8 Å². The monoisotopic (exact) mass is 336 g/mol. The number of aromatic amines is 1. The Bertz CT molecular complexity index is 974. The summed E-state index contributed by atoms with van der Waals surface area (Å²) < 4.78 is 7.21. The third kappa shape index (κ3) is 3.13. The first-order valence-electron chi connectivity index (χ1n) is 8.42. The van der Waals surface area contributed by atoms with E-state index in [2.05, 4.69) is 40.2 Å². The second-order valence-corrected chi connectivity index (χ2v) is 6.46. The highest BCUT2D eigenvalue weighted by Gasteiger charge is 2.16. The number of aryl methyl sites for hydroxylation is 1. The van der Waals surface area contributed by atoms with Gasteiger partial charge in [0.15, 0.2) is 5.82 Å².